The van der Waals surface area contributed by atoms with Gasteiger partial charge in [-0.15, -0.1) is 0 Å². The molecule has 1 aliphatic rings. The number of cyclic esters (lactones) is 1. The Morgan fingerprint density at radius 3 is 2.56 bits per heavy atom. The topological polar surface area (TPSA) is 26.3 Å². The minimum atomic E-state index is -0.196. The van der Waals surface area contributed by atoms with Crippen LogP contribution >= 0.6 is 0 Å². The molecule has 0 spiro atoms. The van der Waals surface area contributed by atoms with Gasteiger partial charge in [0.05, 0.1) is 0 Å². The Kier molecular flexibility index (Phi) is 1.56. The smallest absolute Gasteiger partial charge is 0.331 e. The summed E-state index contributed by atoms with van der Waals surface area (Å²) in [6.45, 7) is 4.60. The van der Waals surface area contributed by atoms with Gasteiger partial charge in [0, 0.05) is 6.08 Å². The molecule has 0 unspecified atom stereocenters. The van der Waals surface area contributed by atoms with Gasteiger partial charge >= 0.3 is 5.97 Å². The van der Waals surface area contributed by atoms with Crippen LogP contribution in [0, 0.1) is 5.92 Å². The van der Waals surface area contributed by atoms with Crippen LogP contribution in [0.4, 0.5) is 0 Å². The number of hydrogen-bond acceptors (Lipinski definition) is 2. The minimum Gasteiger partial charge on any atom is -0.458 e. The fourth-order valence-corrected chi connectivity index (χ4v) is 0.723. The van der Waals surface area contributed by atoms with E-state index < -0.39 is 0 Å². The SMILES string of the molecule is CC(C)C1=CC(=O)OC1. The molecular weight excluding hydrogens is 116 g/mol. The predicted molar refractivity (Wildman–Crippen MR) is 33.9 cm³/mol. The molecule has 0 saturated carbocycles. The zero-order valence-corrected chi connectivity index (χ0v) is 5.68. The van der Waals surface area contributed by atoms with E-state index in [1.807, 2.05) is 13.8 Å². The van der Waals surface area contributed by atoms with Gasteiger partial charge in [-0.05, 0) is 11.5 Å². The van der Waals surface area contributed by atoms with Crippen molar-refractivity contribution in [2.45, 2.75) is 13.8 Å². The van der Waals surface area contributed by atoms with Gasteiger partial charge in [-0.2, -0.15) is 0 Å². The van der Waals surface area contributed by atoms with Crippen LogP contribution in [-0.4, -0.2) is 12.6 Å². The summed E-state index contributed by atoms with van der Waals surface area (Å²) in [6.07, 6.45) is 1.57. The van der Waals surface area contributed by atoms with Gasteiger partial charge in [0.25, 0.3) is 0 Å². The molecule has 2 heteroatoms. The lowest BCUT2D eigenvalue weighted by Gasteiger charge is -2.00. The van der Waals surface area contributed by atoms with Gasteiger partial charge in [0.15, 0.2) is 0 Å². The van der Waals surface area contributed by atoms with E-state index in [1.54, 1.807) is 6.08 Å². The fraction of sp³-hybridized carbons (Fsp3) is 0.571. The van der Waals surface area contributed by atoms with E-state index in [-0.39, 0.29) is 5.97 Å². The predicted octanol–water partition coefficient (Wildman–Crippen LogP) is 1.13. The highest BCUT2D eigenvalue weighted by atomic mass is 16.5. The Morgan fingerprint density at radius 1 is 1.67 bits per heavy atom. The number of carbonyl (C=O) groups is 1. The van der Waals surface area contributed by atoms with E-state index in [4.69, 9.17) is 4.74 Å². The van der Waals surface area contributed by atoms with Crippen molar-refractivity contribution in [1.82, 2.24) is 0 Å². The van der Waals surface area contributed by atoms with Crippen LogP contribution in [0.1, 0.15) is 13.8 Å². The van der Waals surface area contributed by atoms with E-state index in [9.17, 15) is 4.79 Å². The number of hydrogen-bond donors (Lipinski definition) is 0. The van der Waals surface area contributed by atoms with Gasteiger partial charge in [-0.25, -0.2) is 4.79 Å². The molecule has 1 aliphatic heterocycles. The second-order valence-corrected chi connectivity index (χ2v) is 2.48. The number of esters is 1. The highest BCUT2D eigenvalue weighted by Crippen LogP contribution is 2.14. The normalized spacial score (nSPS) is 18.1. The van der Waals surface area contributed by atoms with Crippen molar-refractivity contribution in [2.75, 3.05) is 6.61 Å². The van der Waals surface area contributed by atoms with Crippen molar-refractivity contribution >= 4 is 5.97 Å². The first kappa shape index (κ1) is 6.33. The van der Waals surface area contributed by atoms with E-state index in [2.05, 4.69) is 0 Å². The molecule has 0 atom stereocenters. The standard InChI is InChI=1S/C7H10O2/c1-5(2)6-3-7(8)9-4-6/h3,5H,4H2,1-2H3. The minimum absolute atomic E-state index is 0.196. The number of carbonyl (C=O) groups excluding carboxylic acids is 1. The molecular formula is C7H10O2. The second-order valence-electron chi connectivity index (χ2n) is 2.48. The molecule has 2 nitrogen and oxygen atoms in total. The first-order valence-corrected chi connectivity index (χ1v) is 3.07. The Bertz CT molecular complexity index is 156. The first-order chi connectivity index (χ1) is 4.20. The summed E-state index contributed by atoms with van der Waals surface area (Å²) in [5, 5.41) is 0. The molecule has 1 heterocycles. The summed E-state index contributed by atoms with van der Waals surface area (Å²) in [4.78, 5) is 10.5. The third-order valence-electron chi connectivity index (χ3n) is 1.43. The molecule has 0 aromatic heterocycles. The van der Waals surface area contributed by atoms with Crippen LogP contribution in [0.3, 0.4) is 0 Å². The van der Waals surface area contributed by atoms with Gasteiger partial charge in [0.1, 0.15) is 6.61 Å². The zero-order chi connectivity index (χ0) is 6.85. The molecule has 1 rings (SSSR count). The Labute approximate surface area is 54.5 Å². The summed E-state index contributed by atoms with van der Waals surface area (Å²) in [5.41, 5.74) is 1.10. The van der Waals surface area contributed by atoms with Crippen LogP contribution < -0.4 is 0 Å². The molecule has 0 aromatic rings. The molecule has 9 heavy (non-hydrogen) atoms. The van der Waals surface area contributed by atoms with Gasteiger partial charge in [-0.3, -0.25) is 0 Å². The second kappa shape index (κ2) is 2.21. The molecule has 0 fully saturated rings. The van der Waals surface area contributed by atoms with Crippen LogP contribution in [0.25, 0.3) is 0 Å². The lowest BCUT2D eigenvalue weighted by Crippen LogP contribution is -1.95. The van der Waals surface area contributed by atoms with Crippen molar-refractivity contribution in [3.63, 3.8) is 0 Å². The van der Waals surface area contributed by atoms with Gasteiger partial charge < -0.3 is 4.74 Å². The van der Waals surface area contributed by atoms with Crippen molar-refractivity contribution in [3.8, 4) is 0 Å². The maximum Gasteiger partial charge on any atom is 0.331 e. The number of rotatable bonds is 1. The van der Waals surface area contributed by atoms with E-state index >= 15 is 0 Å². The van der Waals surface area contributed by atoms with Crippen LogP contribution in [0.5, 0.6) is 0 Å². The van der Waals surface area contributed by atoms with E-state index in [0.29, 0.717) is 12.5 Å². The van der Waals surface area contributed by atoms with E-state index in [0.717, 1.165) is 5.57 Å². The third-order valence-corrected chi connectivity index (χ3v) is 1.43. The summed E-state index contributed by atoms with van der Waals surface area (Å²) < 4.78 is 4.70. The van der Waals surface area contributed by atoms with Crippen molar-refractivity contribution in [1.29, 1.82) is 0 Å². The molecule has 0 aromatic carbocycles. The molecule has 0 amide bonds. The lowest BCUT2D eigenvalue weighted by atomic mass is 10.1. The number of ether oxygens (including phenoxy) is 1. The first-order valence-electron chi connectivity index (χ1n) is 3.07. The Balaban J connectivity index is 2.62. The highest BCUT2D eigenvalue weighted by molar-refractivity contribution is 5.85. The van der Waals surface area contributed by atoms with Gasteiger partial charge in [0.2, 0.25) is 0 Å². The van der Waals surface area contributed by atoms with Crippen molar-refractivity contribution in [2.24, 2.45) is 5.92 Å². The fourth-order valence-electron chi connectivity index (χ4n) is 0.723. The van der Waals surface area contributed by atoms with Crippen molar-refractivity contribution < 1.29 is 9.53 Å². The zero-order valence-electron chi connectivity index (χ0n) is 5.68. The molecule has 50 valence electrons. The monoisotopic (exact) mass is 126 g/mol. The van der Waals surface area contributed by atoms with Crippen LogP contribution in [0.15, 0.2) is 11.6 Å². The lowest BCUT2D eigenvalue weighted by molar-refractivity contribution is -0.134. The molecule has 0 radical (unpaired) electrons. The van der Waals surface area contributed by atoms with Crippen molar-refractivity contribution in [3.05, 3.63) is 11.6 Å². The average molecular weight is 126 g/mol. The van der Waals surface area contributed by atoms with Crippen LogP contribution in [0.2, 0.25) is 0 Å². The molecule has 0 N–H and O–H groups in total. The average Bonchev–Trinajstić information content (AvgIpc) is 2.14. The summed E-state index contributed by atoms with van der Waals surface area (Å²) in [6, 6.07) is 0. The van der Waals surface area contributed by atoms with E-state index in [1.165, 1.54) is 0 Å². The maximum absolute atomic E-state index is 10.5. The maximum atomic E-state index is 10.5. The molecule has 0 saturated heterocycles. The van der Waals surface area contributed by atoms with Crippen LogP contribution in [-0.2, 0) is 9.53 Å². The largest absolute Gasteiger partial charge is 0.458 e. The molecule has 0 aliphatic carbocycles. The molecule has 0 bridgehead atoms. The summed E-state index contributed by atoms with van der Waals surface area (Å²) in [5.74, 6) is 0.246. The Hall–Kier alpha value is -0.790. The van der Waals surface area contributed by atoms with Gasteiger partial charge in [-0.1, -0.05) is 13.8 Å². The third kappa shape index (κ3) is 1.31. The Morgan fingerprint density at radius 2 is 2.33 bits per heavy atom. The summed E-state index contributed by atoms with van der Waals surface area (Å²) >= 11 is 0. The summed E-state index contributed by atoms with van der Waals surface area (Å²) in [7, 11) is 0. The highest BCUT2D eigenvalue weighted by Gasteiger charge is 2.14. The quantitative estimate of drug-likeness (QED) is 0.492.